The fraction of sp³-hybridized carbons (Fsp3) is 0.364. The number of benzene rings is 3. The molecule has 4 rings (SSSR count). The standard InChI is InChI=1S/C33H42N4O6S/c1-5-37(6-2)32(39)22-43-31-14-10-13-27-26(19-35-33(27)31)17-23(3)34-20-29(38)25-15-16-30(28(18-25)36-44(4,40)41)42-21-24-11-8-7-9-12-24/h7-16,18-19,23,29,34-36,38H,5-6,17,20-22H2,1-4H3/t23-,29-/m1/s1. The van der Waals surface area contributed by atoms with Crippen LogP contribution in [0, 0.1) is 0 Å². The van der Waals surface area contributed by atoms with E-state index in [9.17, 15) is 18.3 Å². The van der Waals surface area contributed by atoms with E-state index in [4.69, 9.17) is 9.47 Å². The number of H-pyrrole nitrogens is 1. The number of nitrogens with zero attached hydrogens (tertiary/aromatic N) is 1. The van der Waals surface area contributed by atoms with Crippen molar-refractivity contribution in [2.45, 2.75) is 45.9 Å². The summed E-state index contributed by atoms with van der Waals surface area (Å²) in [5.74, 6) is 0.945. The van der Waals surface area contributed by atoms with Crippen molar-refractivity contribution >= 4 is 32.5 Å². The number of nitrogens with one attached hydrogen (secondary N) is 3. The lowest BCUT2D eigenvalue weighted by Gasteiger charge is -2.19. The number of amides is 1. The Bertz CT molecular complexity index is 1640. The molecular weight excluding hydrogens is 580 g/mol. The molecule has 4 aromatic rings. The van der Waals surface area contributed by atoms with Crippen LogP contribution in [0.15, 0.2) is 72.9 Å². The van der Waals surface area contributed by atoms with Crippen molar-refractivity contribution in [1.82, 2.24) is 15.2 Å². The van der Waals surface area contributed by atoms with E-state index in [-0.39, 0.29) is 37.4 Å². The van der Waals surface area contributed by atoms with Crippen LogP contribution in [0.1, 0.15) is 43.6 Å². The molecule has 0 fully saturated rings. The molecule has 0 bridgehead atoms. The largest absolute Gasteiger partial charge is 0.487 e. The van der Waals surface area contributed by atoms with E-state index in [1.165, 1.54) is 0 Å². The summed E-state index contributed by atoms with van der Waals surface area (Å²) in [5, 5.41) is 15.4. The lowest BCUT2D eigenvalue weighted by atomic mass is 10.0. The molecule has 44 heavy (non-hydrogen) atoms. The van der Waals surface area contributed by atoms with Crippen LogP contribution in [0.3, 0.4) is 0 Å². The number of aromatic amines is 1. The van der Waals surface area contributed by atoms with Gasteiger partial charge in [0, 0.05) is 37.3 Å². The van der Waals surface area contributed by atoms with E-state index >= 15 is 0 Å². The number of para-hydroxylation sites is 1. The van der Waals surface area contributed by atoms with E-state index in [2.05, 4.69) is 15.0 Å². The van der Waals surface area contributed by atoms with Gasteiger partial charge >= 0.3 is 0 Å². The second-order valence-electron chi connectivity index (χ2n) is 10.8. The molecular formula is C33H42N4O6S. The highest BCUT2D eigenvalue weighted by atomic mass is 32.2. The lowest BCUT2D eigenvalue weighted by molar-refractivity contribution is -0.132. The topological polar surface area (TPSA) is 133 Å². The fourth-order valence-electron chi connectivity index (χ4n) is 5.01. The maximum atomic E-state index is 12.4. The second-order valence-corrected chi connectivity index (χ2v) is 12.5. The first-order valence-corrected chi connectivity index (χ1v) is 16.7. The van der Waals surface area contributed by atoms with Crippen LogP contribution in [-0.4, -0.2) is 67.9 Å². The molecule has 1 heterocycles. The van der Waals surface area contributed by atoms with E-state index in [0.29, 0.717) is 36.6 Å². The summed E-state index contributed by atoms with van der Waals surface area (Å²) >= 11 is 0. The quantitative estimate of drug-likeness (QED) is 0.143. The van der Waals surface area contributed by atoms with Gasteiger partial charge in [0.2, 0.25) is 10.0 Å². The molecule has 0 aliphatic heterocycles. The van der Waals surface area contributed by atoms with Gasteiger partial charge in [-0.15, -0.1) is 0 Å². The van der Waals surface area contributed by atoms with Crippen LogP contribution >= 0.6 is 0 Å². The molecule has 1 aromatic heterocycles. The van der Waals surface area contributed by atoms with Gasteiger partial charge in [0.1, 0.15) is 18.1 Å². The highest BCUT2D eigenvalue weighted by Gasteiger charge is 2.17. The molecule has 236 valence electrons. The first kappa shape index (κ1) is 32.8. The molecule has 10 nitrogen and oxygen atoms in total. The minimum absolute atomic E-state index is 0.0135. The lowest BCUT2D eigenvalue weighted by Crippen LogP contribution is -2.34. The third-order valence-corrected chi connectivity index (χ3v) is 7.93. The van der Waals surface area contributed by atoms with Gasteiger partial charge in [-0.05, 0) is 62.1 Å². The van der Waals surface area contributed by atoms with Crippen LogP contribution < -0.4 is 19.5 Å². The van der Waals surface area contributed by atoms with Gasteiger partial charge in [-0.3, -0.25) is 9.52 Å². The summed E-state index contributed by atoms with van der Waals surface area (Å²) in [7, 11) is -3.57. The number of likely N-dealkylation sites (N-methyl/N-ethyl adjacent to an activating group) is 1. The van der Waals surface area contributed by atoms with Crippen molar-refractivity contribution in [2.24, 2.45) is 0 Å². The molecule has 4 N–H and O–H groups in total. The first-order chi connectivity index (χ1) is 21.1. The molecule has 0 spiro atoms. The van der Waals surface area contributed by atoms with Gasteiger partial charge in [-0.2, -0.15) is 0 Å². The molecule has 1 amide bonds. The molecule has 0 saturated heterocycles. The van der Waals surface area contributed by atoms with Crippen LogP contribution in [-0.2, 0) is 27.8 Å². The van der Waals surface area contributed by atoms with E-state index in [1.54, 1.807) is 23.1 Å². The average Bonchev–Trinajstić information content (AvgIpc) is 3.41. The number of ether oxygens (including phenoxy) is 2. The Morgan fingerprint density at radius 2 is 1.75 bits per heavy atom. The molecule has 0 saturated carbocycles. The first-order valence-electron chi connectivity index (χ1n) is 14.8. The third-order valence-electron chi connectivity index (χ3n) is 7.34. The monoisotopic (exact) mass is 622 g/mol. The Kier molecular flexibility index (Phi) is 11.3. The average molecular weight is 623 g/mol. The highest BCUT2D eigenvalue weighted by molar-refractivity contribution is 7.92. The number of aliphatic hydroxyl groups excluding tert-OH is 1. The number of fused-ring (bicyclic) bond motifs is 1. The number of anilines is 1. The highest BCUT2D eigenvalue weighted by Crippen LogP contribution is 2.31. The van der Waals surface area contributed by atoms with Crippen LogP contribution in [0.4, 0.5) is 5.69 Å². The summed E-state index contributed by atoms with van der Waals surface area (Å²) in [6, 6.07) is 20.4. The van der Waals surface area contributed by atoms with Gasteiger partial charge in [0.15, 0.2) is 6.61 Å². The fourth-order valence-corrected chi connectivity index (χ4v) is 5.57. The number of sulfonamides is 1. The minimum atomic E-state index is -3.57. The maximum Gasteiger partial charge on any atom is 0.260 e. The maximum absolute atomic E-state index is 12.4. The van der Waals surface area contributed by atoms with Gasteiger partial charge in [-0.25, -0.2) is 8.42 Å². The van der Waals surface area contributed by atoms with E-state index in [1.807, 2.05) is 75.5 Å². The van der Waals surface area contributed by atoms with Crippen molar-refractivity contribution in [3.63, 3.8) is 0 Å². The summed E-state index contributed by atoms with van der Waals surface area (Å²) in [6.45, 7) is 7.72. The van der Waals surface area contributed by atoms with Crippen molar-refractivity contribution in [3.05, 3.63) is 89.6 Å². The summed E-state index contributed by atoms with van der Waals surface area (Å²) in [6.07, 6.45) is 2.82. The predicted molar refractivity (Wildman–Crippen MR) is 174 cm³/mol. The van der Waals surface area contributed by atoms with E-state index in [0.717, 1.165) is 28.3 Å². The number of rotatable bonds is 16. The Balaban J connectivity index is 1.38. The smallest absolute Gasteiger partial charge is 0.260 e. The SMILES string of the molecule is CCN(CC)C(=O)COc1cccc2c(C[C@@H](C)NC[C@@H](O)c3ccc(OCc4ccccc4)c(NS(C)(=O)=O)c3)c[nH]c12. The normalized spacial score (nSPS) is 12.9. The second kappa shape index (κ2) is 15.1. The Morgan fingerprint density at radius 3 is 2.45 bits per heavy atom. The summed E-state index contributed by atoms with van der Waals surface area (Å²) in [4.78, 5) is 17.4. The molecule has 0 aliphatic rings. The molecule has 0 radical (unpaired) electrons. The van der Waals surface area contributed by atoms with Gasteiger partial charge in [-0.1, -0.05) is 48.5 Å². The number of carbonyl (C=O) groups excluding carboxylic acids is 1. The van der Waals surface area contributed by atoms with Crippen LogP contribution in [0.25, 0.3) is 10.9 Å². The Morgan fingerprint density at radius 1 is 1.00 bits per heavy atom. The number of aliphatic hydroxyl groups is 1. The molecule has 3 aromatic carbocycles. The Labute approximate surface area is 259 Å². The number of hydrogen-bond acceptors (Lipinski definition) is 7. The van der Waals surface area contributed by atoms with Crippen molar-refractivity contribution in [2.75, 3.05) is 37.2 Å². The summed E-state index contributed by atoms with van der Waals surface area (Å²) in [5.41, 5.74) is 3.68. The number of carbonyl (C=O) groups is 1. The van der Waals surface area contributed by atoms with Crippen LogP contribution in [0.5, 0.6) is 11.5 Å². The third kappa shape index (κ3) is 8.98. The zero-order valence-electron chi connectivity index (χ0n) is 25.7. The van der Waals surface area contributed by atoms with Gasteiger partial charge in [0.25, 0.3) is 5.91 Å². The number of aromatic nitrogens is 1. The van der Waals surface area contributed by atoms with Crippen molar-refractivity contribution in [3.8, 4) is 11.5 Å². The number of hydrogen-bond donors (Lipinski definition) is 4. The van der Waals surface area contributed by atoms with Gasteiger partial charge < -0.3 is 29.8 Å². The van der Waals surface area contributed by atoms with Crippen LogP contribution in [0.2, 0.25) is 0 Å². The molecule has 11 heteroatoms. The van der Waals surface area contributed by atoms with E-state index < -0.39 is 16.1 Å². The predicted octanol–water partition coefficient (Wildman–Crippen LogP) is 4.62. The zero-order valence-corrected chi connectivity index (χ0v) is 26.5. The molecule has 0 aliphatic carbocycles. The van der Waals surface area contributed by atoms with Crippen molar-refractivity contribution < 1.29 is 27.8 Å². The Hall–Kier alpha value is -4.06. The zero-order chi connectivity index (χ0) is 31.7. The van der Waals surface area contributed by atoms with Gasteiger partial charge in [0.05, 0.1) is 23.6 Å². The molecule has 2 atom stereocenters. The minimum Gasteiger partial charge on any atom is -0.487 e. The van der Waals surface area contributed by atoms with Crippen molar-refractivity contribution in [1.29, 1.82) is 0 Å². The summed E-state index contributed by atoms with van der Waals surface area (Å²) < 4.78 is 38.4. The molecule has 0 unspecified atom stereocenters.